The maximum absolute atomic E-state index is 12.6. The van der Waals surface area contributed by atoms with Gasteiger partial charge in [-0.3, -0.25) is 14.5 Å². The number of hydrogen-bond acceptors (Lipinski definition) is 7. The summed E-state index contributed by atoms with van der Waals surface area (Å²) in [5, 5.41) is 5.71. The molecule has 5 N–H and O–H groups in total. The minimum absolute atomic E-state index is 0.192. The second-order valence-electron chi connectivity index (χ2n) is 10.4. The summed E-state index contributed by atoms with van der Waals surface area (Å²) in [6.07, 6.45) is 4.01. The third-order valence-corrected chi connectivity index (χ3v) is 8.56. The first-order chi connectivity index (χ1) is 17.9. The molecule has 1 unspecified atom stereocenters. The van der Waals surface area contributed by atoms with Gasteiger partial charge in [0.1, 0.15) is 11.8 Å². The smallest absolute Gasteiger partial charge is 0.328 e. The summed E-state index contributed by atoms with van der Waals surface area (Å²) < 4.78 is 14.4. The zero-order chi connectivity index (χ0) is 28.6. The Kier molecular flexibility index (Phi) is 11.6. The van der Waals surface area contributed by atoms with Crippen molar-refractivity contribution in [1.29, 1.82) is 0 Å². The highest BCUT2D eigenvalue weighted by Gasteiger charge is 2.38. The maximum Gasteiger partial charge on any atom is 0.328 e. The fourth-order valence-electron chi connectivity index (χ4n) is 4.44. The Morgan fingerprint density at radius 3 is 2.55 bits per heavy atom. The molecule has 9 nitrogen and oxygen atoms in total. The van der Waals surface area contributed by atoms with Crippen LogP contribution >= 0.6 is 11.9 Å². The molecule has 11 heteroatoms. The number of esters is 1. The average Bonchev–Trinajstić information content (AvgIpc) is 2.87. The van der Waals surface area contributed by atoms with Gasteiger partial charge in [-0.05, 0) is 101 Å². The number of methoxy groups -OCH3 is 1. The number of nitrogens with one attached hydrogen (secondary N) is 3. The molecular formula is C27H44BN5O4S. The van der Waals surface area contributed by atoms with Crippen molar-refractivity contribution in [2.75, 3.05) is 20.7 Å². The molecule has 0 aromatic heterocycles. The van der Waals surface area contributed by atoms with Crippen molar-refractivity contribution in [2.24, 2.45) is 10.7 Å². The Morgan fingerprint density at radius 1 is 1.26 bits per heavy atom. The fraction of sp³-hybridized carbons (Fsp3) is 0.593. The van der Waals surface area contributed by atoms with Gasteiger partial charge in [0, 0.05) is 11.4 Å². The van der Waals surface area contributed by atoms with Crippen LogP contribution in [-0.4, -0.2) is 62.8 Å². The largest absolute Gasteiger partial charge is 0.496 e. The minimum atomic E-state index is -0.754. The Hall–Kier alpha value is -2.66. The van der Waals surface area contributed by atoms with Gasteiger partial charge in [-0.1, -0.05) is 12.9 Å². The fourth-order valence-corrected chi connectivity index (χ4v) is 5.29. The number of likely N-dealkylation sites (N-methyl/N-ethyl adjacent to an activating group) is 1. The van der Waals surface area contributed by atoms with Crippen LogP contribution in [0.5, 0.6) is 5.75 Å². The lowest BCUT2D eigenvalue weighted by Crippen LogP contribution is -2.49. The summed E-state index contributed by atoms with van der Waals surface area (Å²) in [4.78, 5) is 30.1. The highest BCUT2D eigenvalue weighted by Crippen LogP contribution is 2.42. The van der Waals surface area contributed by atoms with E-state index in [1.54, 1.807) is 13.1 Å². The van der Waals surface area contributed by atoms with Crippen molar-refractivity contribution >= 4 is 36.5 Å². The number of hydrogen-bond donors (Lipinski definition) is 4. The van der Waals surface area contributed by atoms with Gasteiger partial charge in [0.2, 0.25) is 5.91 Å². The molecule has 0 saturated carbocycles. The highest BCUT2D eigenvalue weighted by atomic mass is 32.2. The van der Waals surface area contributed by atoms with Gasteiger partial charge in [-0.15, -0.1) is 6.58 Å². The molecule has 1 amide bonds. The van der Waals surface area contributed by atoms with E-state index in [0.717, 1.165) is 22.5 Å². The standard InChI is InChI=1S/C27H44BN5O4S/c1-10-12-21(25(35)36-9)32-24(34)20(30-8)13-11-14-31-26(29)33-38-23-17(3)16(2)22-19(18(23)4)15-28(7)27(5,6)37-22/h10,20-21,30H,1,11-15H2,2-9H3,(H,32,34)(H3,29,31,33)/t20-,21?/m1/s1. The van der Waals surface area contributed by atoms with Crippen molar-refractivity contribution in [2.45, 2.75) is 89.5 Å². The number of amides is 1. The van der Waals surface area contributed by atoms with Crippen LogP contribution in [0, 0.1) is 20.8 Å². The van der Waals surface area contributed by atoms with Crippen LogP contribution in [0.2, 0.25) is 6.82 Å². The molecule has 0 aliphatic carbocycles. The lowest BCUT2D eigenvalue weighted by Gasteiger charge is -2.39. The Labute approximate surface area is 232 Å². The number of carbonyl (C=O) groups excluding carboxylic acids is 2. The number of nitrogens with two attached hydrogens (primary N) is 1. The van der Waals surface area contributed by atoms with Crippen molar-refractivity contribution in [3.05, 3.63) is 34.9 Å². The first kappa shape index (κ1) is 31.6. The number of ether oxygens (including phenoxy) is 2. The van der Waals surface area contributed by atoms with E-state index in [2.05, 4.69) is 68.4 Å². The zero-order valence-electron chi connectivity index (χ0n) is 24.1. The van der Waals surface area contributed by atoms with Crippen LogP contribution in [-0.2, 0) is 20.6 Å². The molecule has 1 aromatic carbocycles. The predicted molar refractivity (Wildman–Crippen MR) is 157 cm³/mol. The van der Waals surface area contributed by atoms with Crippen LogP contribution < -0.4 is 25.8 Å². The average molecular weight is 546 g/mol. The molecule has 1 aliphatic heterocycles. The van der Waals surface area contributed by atoms with Crippen LogP contribution in [0.4, 0.5) is 0 Å². The molecule has 0 spiro atoms. The summed E-state index contributed by atoms with van der Waals surface area (Å²) in [5.41, 5.74) is 10.8. The van der Waals surface area contributed by atoms with Crippen molar-refractivity contribution in [3.63, 3.8) is 0 Å². The molecule has 0 fully saturated rings. The van der Waals surface area contributed by atoms with Crippen LogP contribution in [0.1, 0.15) is 55.4 Å². The van der Waals surface area contributed by atoms with Gasteiger partial charge in [0.05, 0.1) is 18.7 Å². The zero-order valence-corrected chi connectivity index (χ0v) is 24.9. The lowest BCUT2D eigenvalue weighted by molar-refractivity contribution is -0.145. The second kappa shape index (κ2) is 13.9. The second-order valence-corrected chi connectivity index (χ2v) is 11.2. The van der Waals surface area contributed by atoms with E-state index in [-0.39, 0.29) is 11.4 Å². The number of carbonyl (C=O) groups is 2. The van der Waals surface area contributed by atoms with Crippen LogP contribution in [0.15, 0.2) is 22.5 Å². The third kappa shape index (κ3) is 7.69. The first-order valence-corrected chi connectivity index (χ1v) is 13.9. The van der Waals surface area contributed by atoms with Crippen LogP contribution in [0.25, 0.3) is 0 Å². The number of fused-ring (bicyclic) bond motifs is 1. The molecule has 1 aromatic rings. The topological polar surface area (TPSA) is 127 Å². The van der Waals surface area contributed by atoms with Gasteiger partial charge in [0.15, 0.2) is 12.7 Å². The quantitative estimate of drug-likeness (QED) is 0.0601. The molecule has 0 radical (unpaired) electrons. The van der Waals surface area contributed by atoms with Gasteiger partial charge in [-0.25, -0.2) is 4.79 Å². The summed E-state index contributed by atoms with van der Waals surface area (Å²) in [7, 11) is 3.00. The van der Waals surface area contributed by atoms with Crippen LogP contribution in [0.3, 0.4) is 0 Å². The molecule has 2 rings (SSSR count). The summed E-state index contributed by atoms with van der Waals surface area (Å²) >= 11 is 1.47. The number of nitrogens with zero attached hydrogens (tertiary/aromatic N) is 1. The Balaban J connectivity index is 1.95. The normalized spacial score (nSPS) is 16.1. The molecule has 1 heterocycles. The maximum atomic E-state index is 12.6. The molecule has 2 atom stereocenters. The van der Waals surface area contributed by atoms with Crippen molar-refractivity contribution < 1.29 is 19.1 Å². The van der Waals surface area contributed by atoms with Gasteiger partial charge in [-0.2, -0.15) is 0 Å². The van der Waals surface area contributed by atoms with E-state index in [9.17, 15) is 9.59 Å². The molecular weight excluding hydrogens is 501 g/mol. The molecule has 1 aliphatic rings. The summed E-state index contributed by atoms with van der Waals surface area (Å²) in [6, 6.07) is -1.22. The number of benzene rings is 1. The SMILES string of the molecule is C=CCC(NC(=O)[C@@H](CCCN=C(N)NSc1c(C)c(C)c2c(c1C)CB(C)C(C)(C)O2)NC)C(=O)OC. The first-order valence-electron chi connectivity index (χ1n) is 13.1. The number of guanidine groups is 1. The van der Waals surface area contributed by atoms with Gasteiger partial charge >= 0.3 is 5.97 Å². The number of aliphatic imine (C=N–C) groups is 1. The highest BCUT2D eigenvalue weighted by molar-refractivity contribution is 7.98. The Morgan fingerprint density at radius 2 is 1.95 bits per heavy atom. The van der Waals surface area contributed by atoms with E-state index in [1.807, 2.05) is 0 Å². The number of rotatable bonds is 12. The van der Waals surface area contributed by atoms with E-state index < -0.39 is 18.1 Å². The molecule has 0 bridgehead atoms. The predicted octanol–water partition coefficient (Wildman–Crippen LogP) is 3.04. The lowest BCUT2D eigenvalue weighted by atomic mass is 9.37. The van der Waals surface area contributed by atoms with E-state index in [0.29, 0.717) is 38.5 Å². The van der Waals surface area contributed by atoms with Crippen molar-refractivity contribution in [3.8, 4) is 5.75 Å². The minimum Gasteiger partial charge on any atom is -0.496 e. The third-order valence-electron chi connectivity index (χ3n) is 7.43. The van der Waals surface area contributed by atoms with E-state index in [4.69, 9.17) is 15.2 Å². The van der Waals surface area contributed by atoms with Crippen molar-refractivity contribution in [1.82, 2.24) is 15.4 Å². The monoisotopic (exact) mass is 545 g/mol. The molecule has 38 heavy (non-hydrogen) atoms. The molecule has 0 saturated heterocycles. The molecule has 210 valence electrons. The summed E-state index contributed by atoms with van der Waals surface area (Å²) in [6.45, 7) is 17.4. The van der Waals surface area contributed by atoms with Gasteiger partial charge < -0.3 is 25.8 Å². The summed E-state index contributed by atoms with van der Waals surface area (Å²) in [5.74, 6) is 0.571. The van der Waals surface area contributed by atoms with E-state index >= 15 is 0 Å². The van der Waals surface area contributed by atoms with E-state index in [1.165, 1.54) is 35.7 Å². The Bertz CT molecular complexity index is 1060. The van der Waals surface area contributed by atoms with Gasteiger partial charge in [0.25, 0.3) is 0 Å².